The van der Waals surface area contributed by atoms with Crippen LogP contribution < -0.4 is 4.74 Å². The summed E-state index contributed by atoms with van der Waals surface area (Å²) >= 11 is 0. The number of halogens is 4. The zero-order chi connectivity index (χ0) is 10.6. The molecule has 6 heteroatoms. The van der Waals surface area contributed by atoms with Crippen molar-refractivity contribution in [1.82, 2.24) is 4.98 Å². The molecule has 0 saturated heterocycles. The summed E-state index contributed by atoms with van der Waals surface area (Å²) in [6, 6.07) is 1.89. The third-order valence-electron chi connectivity index (χ3n) is 1.39. The summed E-state index contributed by atoms with van der Waals surface area (Å²) in [6.07, 6.45) is -3.76. The summed E-state index contributed by atoms with van der Waals surface area (Å²) in [5.74, 6) is -0.0179. The second-order valence-corrected chi connectivity index (χ2v) is 2.42. The SMILES string of the molecule is FCCOc1ccc(C(F)(F)F)cn1. The zero-order valence-corrected chi connectivity index (χ0v) is 7.01. The molecule has 1 aromatic rings. The highest BCUT2D eigenvalue weighted by atomic mass is 19.4. The third kappa shape index (κ3) is 2.86. The minimum atomic E-state index is -4.41. The van der Waals surface area contributed by atoms with Gasteiger partial charge in [0, 0.05) is 12.3 Å². The first kappa shape index (κ1) is 10.7. The van der Waals surface area contributed by atoms with Gasteiger partial charge in [0.2, 0.25) is 5.88 Å². The number of rotatable bonds is 3. The minimum Gasteiger partial charge on any atom is -0.475 e. The Kier molecular flexibility index (Phi) is 3.27. The maximum absolute atomic E-state index is 12.0. The van der Waals surface area contributed by atoms with Crippen LogP contribution in [0.15, 0.2) is 18.3 Å². The molecule has 1 rings (SSSR count). The number of ether oxygens (including phenoxy) is 1. The predicted octanol–water partition coefficient (Wildman–Crippen LogP) is 2.45. The van der Waals surface area contributed by atoms with Gasteiger partial charge in [-0.2, -0.15) is 13.2 Å². The van der Waals surface area contributed by atoms with Crippen molar-refractivity contribution in [2.24, 2.45) is 0 Å². The second-order valence-electron chi connectivity index (χ2n) is 2.42. The van der Waals surface area contributed by atoms with Gasteiger partial charge in [-0.1, -0.05) is 0 Å². The highest BCUT2D eigenvalue weighted by Crippen LogP contribution is 2.29. The fourth-order valence-corrected chi connectivity index (χ4v) is 0.777. The Labute approximate surface area is 77.5 Å². The van der Waals surface area contributed by atoms with E-state index in [1.807, 2.05) is 0 Å². The lowest BCUT2D eigenvalue weighted by molar-refractivity contribution is -0.137. The van der Waals surface area contributed by atoms with Gasteiger partial charge in [-0.25, -0.2) is 9.37 Å². The molecule has 0 saturated carbocycles. The molecule has 14 heavy (non-hydrogen) atoms. The number of nitrogens with zero attached hydrogens (tertiary/aromatic N) is 1. The van der Waals surface area contributed by atoms with E-state index in [-0.39, 0.29) is 12.5 Å². The molecular weight excluding hydrogens is 202 g/mol. The van der Waals surface area contributed by atoms with Crippen molar-refractivity contribution in [2.75, 3.05) is 13.3 Å². The Morgan fingerprint density at radius 3 is 2.43 bits per heavy atom. The van der Waals surface area contributed by atoms with Crippen LogP contribution in [0.2, 0.25) is 0 Å². The monoisotopic (exact) mass is 209 g/mol. The van der Waals surface area contributed by atoms with Gasteiger partial charge in [-0.3, -0.25) is 0 Å². The summed E-state index contributed by atoms with van der Waals surface area (Å²) < 4.78 is 52.4. The van der Waals surface area contributed by atoms with Crippen molar-refractivity contribution in [3.8, 4) is 5.88 Å². The smallest absolute Gasteiger partial charge is 0.417 e. The normalized spacial score (nSPS) is 11.4. The van der Waals surface area contributed by atoms with E-state index in [4.69, 9.17) is 0 Å². The highest BCUT2D eigenvalue weighted by Gasteiger charge is 2.30. The molecule has 0 unspecified atom stereocenters. The molecule has 78 valence electrons. The van der Waals surface area contributed by atoms with Crippen molar-refractivity contribution >= 4 is 0 Å². The first-order valence-electron chi connectivity index (χ1n) is 3.76. The van der Waals surface area contributed by atoms with E-state index in [2.05, 4.69) is 9.72 Å². The Bertz CT molecular complexity index is 282. The Hall–Kier alpha value is -1.33. The fraction of sp³-hybridized carbons (Fsp3) is 0.375. The Morgan fingerprint density at radius 2 is 2.00 bits per heavy atom. The molecule has 1 aromatic heterocycles. The number of hydrogen-bond donors (Lipinski definition) is 0. The average Bonchev–Trinajstić information content (AvgIpc) is 2.14. The second kappa shape index (κ2) is 4.26. The van der Waals surface area contributed by atoms with E-state index >= 15 is 0 Å². The van der Waals surface area contributed by atoms with Crippen LogP contribution in [0.1, 0.15) is 5.56 Å². The van der Waals surface area contributed by atoms with Crippen LogP contribution in [0, 0.1) is 0 Å². The van der Waals surface area contributed by atoms with Gasteiger partial charge >= 0.3 is 6.18 Å². The number of pyridine rings is 1. The van der Waals surface area contributed by atoms with Gasteiger partial charge in [0.1, 0.15) is 13.3 Å². The van der Waals surface area contributed by atoms with Crippen LogP contribution in [0.4, 0.5) is 17.6 Å². The van der Waals surface area contributed by atoms with Crippen LogP contribution >= 0.6 is 0 Å². The topological polar surface area (TPSA) is 22.1 Å². The molecule has 2 nitrogen and oxygen atoms in total. The van der Waals surface area contributed by atoms with Crippen molar-refractivity contribution in [3.63, 3.8) is 0 Å². The summed E-state index contributed by atoms with van der Waals surface area (Å²) in [5.41, 5.74) is -0.856. The quantitative estimate of drug-likeness (QED) is 0.713. The van der Waals surface area contributed by atoms with Gasteiger partial charge in [0.05, 0.1) is 5.56 Å². The molecule has 0 atom stereocenters. The first-order chi connectivity index (χ1) is 6.54. The van der Waals surface area contributed by atoms with Gasteiger partial charge in [-0.05, 0) is 6.07 Å². The molecule has 0 aromatic carbocycles. The number of alkyl halides is 4. The zero-order valence-electron chi connectivity index (χ0n) is 7.01. The molecule has 0 amide bonds. The lowest BCUT2D eigenvalue weighted by atomic mass is 10.3. The van der Waals surface area contributed by atoms with Gasteiger partial charge in [0.25, 0.3) is 0 Å². The van der Waals surface area contributed by atoms with E-state index < -0.39 is 18.4 Å². The standard InChI is InChI=1S/C8H7F4NO/c9-3-4-14-7-2-1-6(5-13-7)8(10,11)12/h1-2,5H,3-4H2. The fourth-order valence-electron chi connectivity index (χ4n) is 0.777. The lowest BCUT2D eigenvalue weighted by Crippen LogP contribution is -2.06. The van der Waals surface area contributed by atoms with E-state index in [0.717, 1.165) is 12.1 Å². The van der Waals surface area contributed by atoms with Gasteiger partial charge < -0.3 is 4.74 Å². The molecule has 0 aliphatic carbocycles. The van der Waals surface area contributed by atoms with Crippen LogP contribution in [-0.2, 0) is 6.18 Å². The van der Waals surface area contributed by atoms with Crippen molar-refractivity contribution in [2.45, 2.75) is 6.18 Å². The summed E-state index contributed by atoms with van der Waals surface area (Å²) in [5, 5.41) is 0. The molecule has 0 fully saturated rings. The highest BCUT2D eigenvalue weighted by molar-refractivity contribution is 5.19. The molecule has 0 aliphatic heterocycles. The first-order valence-corrected chi connectivity index (χ1v) is 3.76. The van der Waals surface area contributed by atoms with E-state index in [0.29, 0.717) is 6.20 Å². The lowest BCUT2D eigenvalue weighted by Gasteiger charge is -2.06. The van der Waals surface area contributed by atoms with Gasteiger partial charge in [-0.15, -0.1) is 0 Å². The van der Waals surface area contributed by atoms with Crippen LogP contribution in [0.3, 0.4) is 0 Å². The Morgan fingerprint density at radius 1 is 1.29 bits per heavy atom. The number of aromatic nitrogens is 1. The van der Waals surface area contributed by atoms with Crippen molar-refractivity contribution in [3.05, 3.63) is 23.9 Å². The largest absolute Gasteiger partial charge is 0.475 e. The maximum Gasteiger partial charge on any atom is 0.417 e. The number of hydrogen-bond acceptors (Lipinski definition) is 2. The van der Waals surface area contributed by atoms with E-state index in [9.17, 15) is 17.6 Å². The van der Waals surface area contributed by atoms with Crippen LogP contribution in [0.25, 0.3) is 0 Å². The minimum absolute atomic E-state index is 0.0179. The summed E-state index contributed by atoms with van der Waals surface area (Å²) in [4.78, 5) is 3.37. The molecular formula is C8H7F4NO. The molecule has 0 bridgehead atoms. The van der Waals surface area contributed by atoms with E-state index in [1.165, 1.54) is 0 Å². The van der Waals surface area contributed by atoms with Crippen LogP contribution in [0.5, 0.6) is 5.88 Å². The molecule has 0 radical (unpaired) electrons. The molecule has 0 N–H and O–H groups in total. The molecule has 0 aliphatic rings. The van der Waals surface area contributed by atoms with Crippen molar-refractivity contribution in [1.29, 1.82) is 0 Å². The Balaban J connectivity index is 2.69. The summed E-state index contributed by atoms with van der Waals surface area (Å²) in [7, 11) is 0. The third-order valence-corrected chi connectivity index (χ3v) is 1.39. The molecule has 1 heterocycles. The predicted molar refractivity (Wildman–Crippen MR) is 40.7 cm³/mol. The average molecular weight is 209 g/mol. The van der Waals surface area contributed by atoms with Crippen LogP contribution in [-0.4, -0.2) is 18.3 Å². The molecule has 0 spiro atoms. The van der Waals surface area contributed by atoms with E-state index in [1.54, 1.807) is 0 Å². The maximum atomic E-state index is 12.0. The van der Waals surface area contributed by atoms with Crippen molar-refractivity contribution < 1.29 is 22.3 Å². The summed E-state index contributed by atoms with van der Waals surface area (Å²) in [6.45, 7) is -0.916. The van der Waals surface area contributed by atoms with Gasteiger partial charge in [0.15, 0.2) is 0 Å².